The van der Waals surface area contributed by atoms with Crippen LogP contribution in [0.3, 0.4) is 0 Å². The standard InChI is InChI=1S/C20H19Br2N3O2/c1-4-12(2)19-24-17-7-5-15(22)10-16(17)20(26)25(19)23-11-13-9-14(21)6-8-18(13)27-3/h5-12H,4H2,1-3H3/t12-/m0/s1. The fourth-order valence-electron chi connectivity index (χ4n) is 2.71. The number of nitrogens with zero attached hydrogens (tertiary/aromatic N) is 3. The maximum Gasteiger partial charge on any atom is 0.282 e. The number of methoxy groups -OCH3 is 1. The van der Waals surface area contributed by atoms with Gasteiger partial charge in [-0.05, 0) is 42.8 Å². The van der Waals surface area contributed by atoms with Crippen molar-refractivity contribution in [3.8, 4) is 5.75 Å². The molecule has 0 bridgehead atoms. The monoisotopic (exact) mass is 491 g/mol. The molecule has 0 spiro atoms. The van der Waals surface area contributed by atoms with E-state index in [0.29, 0.717) is 22.5 Å². The van der Waals surface area contributed by atoms with Crippen molar-refractivity contribution in [2.45, 2.75) is 26.2 Å². The van der Waals surface area contributed by atoms with Crippen LogP contribution in [0.1, 0.15) is 37.6 Å². The van der Waals surface area contributed by atoms with Gasteiger partial charge in [0.2, 0.25) is 0 Å². The molecule has 1 atom stereocenters. The third kappa shape index (κ3) is 4.14. The molecule has 0 N–H and O–H groups in total. The highest BCUT2D eigenvalue weighted by Crippen LogP contribution is 2.23. The number of ether oxygens (including phenoxy) is 1. The number of hydrogen-bond acceptors (Lipinski definition) is 4. The summed E-state index contributed by atoms with van der Waals surface area (Å²) in [5, 5.41) is 5.00. The first-order chi connectivity index (χ1) is 12.9. The molecule has 0 amide bonds. The second kappa shape index (κ2) is 8.35. The molecule has 0 radical (unpaired) electrons. The van der Waals surface area contributed by atoms with Gasteiger partial charge in [0.1, 0.15) is 11.6 Å². The van der Waals surface area contributed by atoms with E-state index in [2.05, 4.69) is 43.9 Å². The number of fused-ring (bicyclic) bond motifs is 1. The van der Waals surface area contributed by atoms with Gasteiger partial charge in [-0.25, -0.2) is 4.98 Å². The van der Waals surface area contributed by atoms with Gasteiger partial charge >= 0.3 is 0 Å². The second-order valence-electron chi connectivity index (χ2n) is 6.19. The van der Waals surface area contributed by atoms with Crippen LogP contribution >= 0.6 is 31.9 Å². The Morgan fingerprint density at radius 2 is 1.93 bits per heavy atom. The van der Waals surface area contributed by atoms with Crippen LogP contribution in [0.2, 0.25) is 0 Å². The Bertz CT molecular complexity index is 1080. The smallest absolute Gasteiger partial charge is 0.282 e. The molecule has 1 heterocycles. The third-order valence-corrected chi connectivity index (χ3v) is 5.38. The average Bonchev–Trinajstić information content (AvgIpc) is 2.67. The van der Waals surface area contributed by atoms with Crippen molar-refractivity contribution in [3.05, 3.63) is 67.1 Å². The molecule has 0 saturated heterocycles. The quantitative estimate of drug-likeness (QED) is 0.452. The van der Waals surface area contributed by atoms with Crippen molar-refractivity contribution in [1.82, 2.24) is 9.66 Å². The number of benzene rings is 2. The van der Waals surface area contributed by atoms with E-state index in [9.17, 15) is 4.79 Å². The normalized spacial score (nSPS) is 12.6. The van der Waals surface area contributed by atoms with Crippen molar-refractivity contribution in [1.29, 1.82) is 0 Å². The summed E-state index contributed by atoms with van der Waals surface area (Å²) in [5.41, 5.74) is 1.25. The van der Waals surface area contributed by atoms with Crippen LogP contribution in [-0.2, 0) is 0 Å². The lowest BCUT2D eigenvalue weighted by Crippen LogP contribution is -2.23. The molecule has 2 aromatic carbocycles. The van der Waals surface area contributed by atoms with Crippen LogP contribution in [-0.4, -0.2) is 23.0 Å². The number of aromatic nitrogens is 2. The van der Waals surface area contributed by atoms with Crippen LogP contribution in [0, 0.1) is 0 Å². The molecule has 3 rings (SSSR count). The molecule has 3 aromatic rings. The van der Waals surface area contributed by atoms with Gasteiger partial charge in [-0.1, -0.05) is 45.7 Å². The van der Waals surface area contributed by atoms with Crippen molar-refractivity contribution in [2.24, 2.45) is 5.10 Å². The van der Waals surface area contributed by atoms with Gasteiger partial charge in [-0.15, -0.1) is 0 Å². The zero-order valence-corrected chi connectivity index (χ0v) is 18.4. The number of rotatable bonds is 5. The molecule has 0 aliphatic carbocycles. The molecular formula is C20H19Br2N3O2. The molecule has 0 fully saturated rings. The van der Waals surface area contributed by atoms with Crippen LogP contribution in [0.5, 0.6) is 5.75 Å². The SMILES string of the molecule is CC[C@H](C)c1nc2ccc(Br)cc2c(=O)n1N=Cc1cc(Br)ccc1OC. The lowest BCUT2D eigenvalue weighted by molar-refractivity contribution is 0.414. The Morgan fingerprint density at radius 3 is 2.63 bits per heavy atom. The minimum Gasteiger partial charge on any atom is -0.496 e. The fraction of sp³-hybridized carbons (Fsp3) is 0.250. The Balaban J connectivity index is 2.22. The van der Waals surface area contributed by atoms with E-state index in [1.165, 1.54) is 4.68 Å². The molecule has 1 aromatic heterocycles. The van der Waals surface area contributed by atoms with E-state index < -0.39 is 0 Å². The van der Waals surface area contributed by atoms with Crippen molar-refractivity contribution in [3.63, 3.8) is 0 Å². The first kappa shape index (κ1) is 19.8. The van der Waals surface area contributed by atoms with Crippen LogP contribution < -0.4 is 10.3 Å². The summed E-state index contributed by atoms with van der Waals surface area (Å²) in [4.78, 5) is 17.8. The molecule has 0 aliphatic heterocycles. The Hall–Kier alpha value is -1.99. The number of halogens is 2. The largest absolute Gasteiger partial charge is 0.496 e. The van der Waals surface area contributed by atoms with Crippen molar-refractivity contribution >= 4 is 49.0 Å². The molecule has 0 unspecified atom stereocenters. The third-order valence-electron chi connectivity index (χ3n) is 4.39. The summed E-state index contributed by atoms with van der Waals surface area (Å²) in [6.07, 6.45) is 2.48. The van der Waals surface area contributed by atoms with E-state index in [0.717, 1.165) is 20.9 Å². The van der Waals surface area contributed by atoms with Crippen molar-refractivity contribution in [2.75, 3.05) is 7.11 Å². The summed E-state index contributed by atoms with van der Waals surface area (Å²) in [5.74, 6) is 1.41. The van der Waals surface area contributed by atoms with Gasteiger partial charge in [0.05, 0.1) is 24.2 Å². The summed E-state index contributed by atoms with van der Waals surface area (Å²) in [7, 11) is 1.60. The van der Waals surface area contributed by atoms with Gasteiger partial charge < -0.3 is 4.74 Å². The fourth-order valence-corrected chi connectivity index (χ4v) is 3.44. The zero-order valence-electron chi connectivity index (χ0n) is 15.2. The lowest BCUT2D eigenvalue weighted by Gasteiger charge is -2.14. The van der Waals surface area contributed by atoms with E-state index in [1.807, 2.05) is 37.3 Å². The maximum atomic E-state index is 13.1. The van der Waals surface area contributed by atoms with Gasteiger partial charge in [-0.2, -0.15) is 9.78 Å². The highest BCUT2D eigenvalue weighted by atomic mass is 79.9. The molecule has 27 heavy (non-hydrogen) atoms. The molecule has 0 saturated carbocycles. The summed E-state index contributed by atoms with van der Waals surface area (Å²) < 4.78 is 8.51. The molecule has 5 nitrogen and oxygen atoms in total. The first-order valence-electron chi connectivity index (χ1n) is 8.54. The summed E-state index contributed by atoms with van der Waals surface area (Å²) >= 11 is 6.87. The van der Waals surface area contributed by atoms with Crippen LogP contribution in [0.25, 0.3) is 10.9 Å². The predicted molar refractivity (Wildman–Crippen MR) is 116 cm³/mol. The number of hydrogen-bond donors (Lipinski definition) is 0. The Kier molecular flexibility index (Phi) is 6.11. The van der Waals surface area contributed by atoms with Gasteiger partial charge in [0, 0.05) is 20.4 Å². The van der Waals surface area contributed by atoms with E-state index >= 15 is 0 Å². The average molecular weight is 493 g/mol. The minimum atomic E-state index is -0.193. The van der Waals surface area contributed by atoms with E-state index in [-0.39, 0.29) is 11.5 Å². The first-order valence-corrected chi connectivity index (χ1v) is 10.1. The van der Waals surface area contributed by atoms with Gasteiger partial charge in [0.25, 0.3) is 5.56 Å². The molecule has 7 heteroatoms. The minimum absolute atomic E-state index is 0.0901. The topological polar surface area (TPSA) is 56.5 Å². The Labute approximate surface area is 174 Å². The zero-order chi connectivity index (χ0) is 19.6. The van der Waals surface area contributed by atoms with Crippen LogP contribution in [0.15, 0.2) is 55.2 Å². The highest BCUT2D eigenvalue weighted by molar-refractivity contribution is 9.10. The highest BCUT2D eigenvalue weighted by Gasteiger charge is 2.15. The van der Waals surface area contributed by atoms with Crippen LogP contribution in [0.4, 0.5) is 0 Å². The Morgan fingerprint density at radius 1 is 1.22 bits per heavy atom. The summed E-state index contributed by atoms with van der Waals surface area (Å²) in [6, 6.07) is 11.1. The maximum absolute atomic E-state index is 13.1. The molecule has 0 aliphatic rings. The predicted octanol–water partition coefficient (Wildman–Crippen LogP) is 5.33. The molecular weight excluding hydrogens is 474 g/mol. The molecule has 140 valence electrons. The van der Waals surface area contributed by atoms with Crippen molar-refractivity contribution < 1.29 is 4.74 Å². The second-order valence-corrected chi connectivity index (χ2v) is 8.02. The summed E-state index contributed by atoms with van der Waals surface area (Å²) in [6.45, 7) is 4.10. The van der Waals surface area contributed by atoms with E-state index in [1.54, 1.807) is 19.4 Å². The lowest BCUT2D eigenvalue weighted by atomic mass is 10.1. The van der Waals surface area contributed by atoms with E-state index in [4.69, 9.17) is 9.72 Å². The van der Waals surface area contributed by atoms with Gasteiger partial charge in [-0.3, -0.25) is 4.79 Å². The van der Waals surface area contributed by atoms with Gasteiger partial charge in [0.15, 0.2) is 0 Å².